The topological polar surface area (TPSA) is 24.9 Å². The standard InChI is InChI=1S/C16H19FN2/c1-11-5-4-6-12(2)14(11)9-16(18-3)15-8-7-13(17)10-19-15/h4-8,10,16,18H,9H2,1-3H3. The molecule has 19 heavy (non-hydrogen) atoms. The second-order valence-corrected chi connectivity index (χ2v) is 4.82. The van der Waals surface area contributed by atoms with E-state index in [0.717, 1.165) is 12.1 Å². The number of nitrogens with zero attached hydrogens (tertiary/aromatic N) is 1. The van der Waals surface area contributed by atoms with Crippen molar-refractivity contribution in [2.24, 2.45) is 0 Å². The molecule has 0 spiro atoms. The average molecular weight is 258 g/mol. The second kappa shape index (κ2) is 5.93. The molecule has 1 aromatic carbocycles. The lowest BCUT2D eigenvalue weighted by molar-refractivity contribution is 0.563. The molecule has 100 valence electrons. The van der Waals surface area contributed by atoms with Gasteiger partial charge < -0.3 is 5.32 Å². The summed E-state index contributed by atoms with van der Waals surface area (Å²) in [7, 11) is 1.91. The summed E-state index contributed by atoms with van der Waals surface area (Å²) in [6.07, 6.45) is 2.12. The first-order valence-corrected chi connectivity index (χ1v) is 6.45. The average Bonchev–Trinajstić information content (AvgIpc) is 2.40. The van der Waals surface area contributed by atoms with Gasteiger partial charge in [0.1, 0.15) is 5.82 Å². The van der Waals surface area contributed by atoms with Crippen molar-refractivity contribution in [3.05, 3.63) is 64.7 Å². The van der Waals surface area contributed by atoms with Gasteiger partial charge in [0.05, 0.1) is 17.9 Å². The van der Waals surface area contributed by atoms with Crippen LogP contribution in [0, 0.1) is 19.7 Å². The minimum atomic E-state index is -0.300. The van der Waals surface area contributed by atoms with E-state index in [4.69, 9.17) is 0 Å². The van der Waals surface area contributed by atoms with E-state index in [-0.39, 0.29) is 11.9 Å². The zero-order valence-corrected chi connectivity index (χ0v) is 11.6. The fourth-order valence-corrected chi connectivity index (χ4v) is 2.32. The molecule has 1 N–H and O–H groups in total. The maximum atomic E-state index is 12.9. The number of nitrogens with one attached hydrogen (secondary N) is 1. The second-order valence-electron chi connectivity index (χ2n) is 4.82. The fraction of sp³-hybridized carbons (Fsp3) is 0.312. The molecule has 0 radical (unpaired) electrons. The summed E-state index contributed by atoms with van der Waals surface area (Å²) in [5, 5.41) is 3.26. The number of likely N-dealkylation sites (N-methyl/N-ethyl adjacent to an activating group) is 1. The van der Waals surface area contributed by atoms with Crippen molar-refractivity contribution in [2.45, 2.75) is 26.3 Å². The SMILES string of the molecule is CNC(Cc1c(C)cccc1C)c1ccc(F)cn1. The minimum absolute atomic E-state index is 0.0976. The van der Waals surface area contributed by atoms with E-state index < -0.39 is 0 Å². The number of halogens is 1. The summed E-state index contributed by atoms with van der Waals surface area (Å²) in [4.78, 5) is 4.17. The predicted molar refractivity (Wildman–Crippen MR) is 75.6 cm³/mol. The van der Waals surface area contributed by atoms with Crippen molar-refractivity contribution in [3.63, 3.8) is 0 Å². The zero-order chi connectivity index (χ0) is 13.8. The molecular formula is C16H19FN2. The van der Waals surface area contributed by atoms with Crippen molar-refractivity contribution in [3.8, 4) is 0 Å². The molecule has 0 aliphatic carbocycles. The fourth-order valence-electron chi connectivity index (χ4n) is 2.32. The molecule has 0 amide bonds. The first kappa shape index (κ1) is 13.7. The number of aryl methyl sites for hydroxylation is 2. The first-order valence-electron chi connectivity index (χ1n) is 6.45. The van der Waals surface area contributed by atoms with E-state index in [1.807, 2.05) is 7.05 Å². The first-order chi connectivity index (χ1) is 9.11. The van der Waals surface area contributed by atoms with E-state index in [1.54, 1.807) is 6.07 Å². The normalized spacial score (nSPS) is 12.4. The molecule has 0 aliphatic heterocycles. The van der Waals surface area contributed by atoms with Crippen LogP contribution < -0.4 is 5.32 Å². The summed E-state index contributed by atoms with van der Waals surface area (Å²) in [6.45, 7) is 4.24. The van der Waals surface area contributed by atoms with Crippen molar-refractivity contribution in [1.29, 1.82) is 0 Å². The van der Waals surface area contributed by atoms with Gasteiger partial charge >= 0.3 is 0 Å². The molecule has 1 heterocycles. The van der Waals surface area contributed by atoms with Gasteiger partial charge in [0, 0.05) is 0 Å². The van der Waals surface area contributed by atoms with Gasteiger partial charge in [-0.05, 0) is 56.1 Å². The summed E-state index contributed by atoms with van der Waals surface area (Å²) in [5.41, 5.74) is 4.75. The third-order valence-electron chi connectivity index (χ3n) is 3.51. The molecule has 0 saturated carbocycles. The number of aromatic nitrogens is 1. The highest BCUT2D eigenvalue weighted by atomic mass is 19.1. The van der Waals surface area contributed by atoms with Crippen molar-refractivity contribution < 1.29 is 4.39 Å². The van der Waals surface area contributed by atoms with E-state index in [0.29, 0.717) is 0 Å². The van der Waals surface area contributed by atoms with Crippen molar-refractivity contribution in [1.82, 2.24) is 10.3 Å². The zero-order valence-electron chi connectivity index (χ0n) is 11.6. The van der Waals surface area contributed by atoms with Gasteiger partial charge in [0.2, 0.25) is 0 Å². The smallest absolute Gasteiger partial charge is 0.141 e. The van der Waals surface area contributed by atoms with Crippen LogP contribution in [-0.4, -0.2) is 12.0 Å². The summed E-state index contributed by atoms with van der Waals surface area (Å²) in [6, 6.07) is 9.60. The molecule has 2 aromatic rings. The molecule has 0 saturated heterocycles. The summed E-state index contributed by atoms with van der Waals surface area (Å²) >= 11 is 0. The van der Waals surface area contributed by atoms with Crippen molar-refractivity contribution >= 4 is 0 Å². The highest BCUT2D eigenvalue weighted by molar-refractivity contribution is 5.34. The van der Waals surface area contributed by atoms with Crippen LogP contribution in [0.5, 0.6) is 0 Å². The Morgan fingerprint density at radius 1 is 1.16 bits per heavy atom. The van der Waals surface area contributed by atoms with Gasteiger partial charge in [0.25, 0.3) is 0 Å². The predicted octanol–water partition coefficient (Wildman–Crippen LogP) is 3.34. The monoisotopic (exact) mass is 258 g/mol. The van der Waals surface area contributed by atoms with Crippen LogP contribution in [0.15, 0.2) is 36.5 Å². The highest BCUT2D eigenvalue weighted by Crippen LogP contribution is 2.21. The Labute approximate surface area is 113 Å². The largest absolute Gasteiger partial charge is 0.311 e. The van der Waals surface area contributed by atoms with Gasteiger partial charge in [-0.1, -0.05) is 18.2 Å². The van der Waals surface area contributed by atoms with Crippen LogP contribution in [0.4, 0.5) is 4.39 Å². The van der Waals surface area contributed by atoms with Crippen LogP contribution in [0.2, 0.25) is 0 Å². The third-order valence-corrected chi connectivity index (χ3v) is 3.51. The van der Waals surface area contributed by atoms with Gasteiger partial charge in [0.15, 0.2) is 0 Å². The molecular weight excluding hydrogens is 239 g/mol. The van der Waals surface area contributed by atoms with E-state index in [2.05, 4.69) is 42.3 Å². The number of hydrogen-bond donors (Lipinski definition) is 1. The molecule has 1 unspecified atom stereocenters. The molecule has 1 atom stereocenters. The highest BCUT2D eigenvalue weighted by Gasteiger charge is 2.14. The molecule has 1 aromatic heterocycles. The Morgan fingerprint density at radius 3 is 2.37 bits per heavy atom. The minimum Gasteiger partial charge on any atom is -0.311 e. The molecule has 2 nitrogen and oxygen atoms in total. The maximum Gasteiger partial charge on any atom is 0.141 e. The van der Waals surface area contributed by atoms with Gasteiger partial charge in [-0.3, -0.25) is 4.98 Å². The number of pyridine rings is 1. The van der Waals surface area contributed by atoms with Crippen LogP contribution >= 0.6 is 0 Å². The van der Waals surface area contributed by atoms with Crippen LogP contribution in [0.1, 0.15) is 28.4 Å². The Balaban J connectivity index is 2.26. The van der Waals surface area contributed by atoms with Gasteiger partial charge in [-0.25, -0.2) is 4.39 Å². The van der Waals surface area contributed by atoms with Crippen LogP contribution in [0.3, 0.4) is 0 Å². The van der Waals surface area contributed by atoms with Gasteiger partial charge in [-0.15, -0.1) is 0 Å². The lowest BCUT2D eigenvalue weighted by Gasteiger charge is -2.18. The number of rotatable bonds is 4. The van der Waals surface area contributed by atoms with E-state index >= 15 is 0 Å². The molecule has 0 bridgehead atoms. The number of hydrogen-bond acceptors (Lipinski definition) is 2. The molecule has 2 rings (SSSR count). The summed E-state index contributed by atoms with van der Waals surface area (Å²) in [5.74, 6) is -0.300. The molecule has 0 aliphatic rings. The third kappa shape index (κ3) is 3.18. The van der Waals surface area contributed by atoms with Crippen molar-refractivity contribution in [2.75, 3.05) is 7.05 Å². The molecule has 0 fully saturated rings. The van der Waals surface area contributed by atoms with E-state index in [9.17, 15) is 4.39 Å². The van der Waals surface area contributed by atoms with Crippen LogP contribution in [-0.2, 0) is 6.42 Å². The Morgan fingerprint density at radius 2 is 1.84 bits per heavy atom. The Hall–Kier alpha value is -1.74. The maximum absolute atomic E-state index is 12.9. The lowest BCUT2D eigenvalue weighted by Crippen LogP contribution is -2.20. The Bertz CT molecular complexity index is 529. The van der Waals surface area contributed by atoms with E-state index in [1.165, 1.54) is 29.0 Å². The van der Waals surface area contributed by atoms with Crippen LogP contribution in [0.25, 0.3) is 0 Å². The Kier molecular flexibility index (Phi) is 4.27. The quantitative estimate of drug-likeness (QED) is 0.909. The number of benzene rings is 1. The summed E-state index contributed by atoms with van der Waals surface area (Å²) < 4.78 is 12.9. The van der Waals surface area contributed by atoms with Gasteiger partial charge in [-0.2, -0.15) is 0 Å². The molecule has 3 heteroatoms. The lowest BCUT2D eigenvalue weighted by atomic mass is 9.95.